The molecule has 0 aromatic heterocycles. The molecule has 0 atom stereocenters. The highest BCUT2D eigenvalue weighted by atomic mass is 32.2. The zero-order valence-corrected chi connectivity index (χ0v) is 16.6. The minimum atomic E-state index is -3.48. The number of amides is 1. The van der Waals surface area contributed by atoms with Crippen molar-refractivity contribution < 1.29 is 13.2 Å². The molecule has 0 unspecified atom stereocenters. The first-order chi connectivity index (χ1) is 12.2. The molecule has 0 aliphatic heterocycles. The van der Waals surface area contributed by atoms with Gasteiger partial charge in [0.2, 0.25) is 15.9 Å². The summed E-state index contributed by atoms with van der Waals surface area (Å²) in [4.78, 5) is 12.4. The maximum Gasteiger partial charge on any atom is 0.232 e. The molecule has 0 fully saturated rings. The van der Waals surface area contributed by atoms with Crippen molar-refractivity contribution in [2.24, 2.45) is 0 Å². The van der Waals surface area contributed by atoms with Gasteiger partial charge in [0.1, 0.15) is 0 Å². The van der Waals surface area contributed by atoms with Crippen LogP contribution in [0.25, 0.3) is 0 Å². The summed E-state index contributed by atoms with van der Waals surface area (Å²) in [5.74, 6) is -0.207. The number of rotatable bonds is 7. The van der Waals surface area contributed by atoms with E-state index in [-0.39, 0.29) is 18.9 Å². The van der Waals surface area contributed by atoms with E-state index < -0.39 is 10.0 Å². The van der Waals surface area contributed by atoms with E-state index >= 15 is 0 Å². The fourth-order valence-corrected chi connectivity index (χ4v) is 3.76. The summed E-state index contributed by atoms with van der Waals surface area (Å²) >= 11 is 0. The molecule has 2 aromatic rings. The van der Waals surface area contributed by atoms with Crippen LogP contribution in [0.5, 0.6) is 0 Å². The average Bonchev–Trinajstić information content (AvgIpc) is 2.57. The van der Waals surface area contributed by atoms with Gasteiger partial charge in [-0.1, -0.05) is 37.3 Å². The van der Waals surface area contributed by atoms with Crippen molar-refractivity contribution >= 4 is 27.3 Å². The van der Waals surface area contributed by atoms with Gasteiger partial charge in [0.05, 0.1) is 11.9 Å². The zero-order chi connectivity index (χ0) is 19.3. The van der Waals surface area contributed by atoms with Crippen LogP contribution in [-0.4, -0.2) is 27.1 Å². The second kappa shape index (κ2) is 8.36. The van der Waals surface area contributed by atoms with Gasteiger partial charge < -0.3 is 5.32 Å². The van der Waals surface area contributed by atoms with Gasteiger partial charge in [-0.2, -0.15) is 0 Å². The summed E-state index contributed by atoms with van der Waals surface area (Å²) in [7, 11) is -3.48. The Morgan fingerprint density at radius 2 is 1.81 bits per heavy atom. The summed E-state index contributed by atoms with van der Waals surface area (Å²) in [6.45, 7) is 5.97. The van der Waals surface area contributed by atoms with Crippen LogP contribution in [0.3, 0.4) is 0 Å². The number of hydrogen-bond acceptors (Lipinski definition) is 3. The smallest absolute Gasteiger partial charge is 0.232 e. The third-order valence-corrected chi connectivity index (χ3v) is 5.43. The molecule has 1 N–H and O–H groups in total. The van der Waals surface area contributed by atoms with E-state index in [9.17, 15) is 13.2 Å². The Hall–Kier alpha value is -2.34. The van der Waals surface area contributed by atoms with Crippen LogP contribution < -0.4 is 9.62 Å². The first kappa shape index (κ1) is 20.0. The minimum Gasteiger partial charge on any atom is -0.326 e. The Kier molecular flexibility index (Phi) is 6.42. The predicted molar refractivity (Wildman–Crippen MR) is 107 cm³/mol. The van der Waals surface area contributed by atoms with E-state index in [1.54, 1.807) is 6.07 Å². The van der Waals surface area contributed by atoms with E-state index in [1.165, 1.54) is 10.6 Å². The molecule has 5 nitrogen and oxygen atoms in total. The second-order valence-corrected chi connectivity index (χ2v) is 8.34. The number of sulfonamides is 1. The van der Waals surface area contributed by atoms with Gasteiger partial charge in [0.25, 0.3) is 0 Å². The maximum absolute atomic E-state index is 12.4. The molecule has 0 aliphatic rings. The summed E-state index contributed by atoms with van der Waals surface area (Å²) in [5, 5.41) is 2.88. The van der Waals surface area contributed by atoms with E-state index in [0.29, 0.717) is 5.69 Å². The van der Waals surface area contributed by atoms with Crippen LogP contribution in [0.15, 0.2) is 42.5 Å². The lowest BCUT2D eigenvalue weighted by molar-refractivity contribution is -0.116. The number of benzene rings is 2. The van der Waals surface area contributed by atoms with Crippen molar-refractivity contribution in [3.8, 4) is 0 Å². The van der Waals surface area contributed by atoms with E-state index in [0.717, 1.165) is 28.8 Å². The number of hydrogen-bond donors (Lipinski definition) is 1. The number of nitrogens with zero attached hydrogens (tertiary/aromatic N) is 1. The summed E-state index contributed by atoms with van der Waals surface area (Å²) in [5.41, 5.74) is 4.36. The molecule has 0 spiro atoms. The molecule has 0 saturated heterocycles. The van der Waals surface area contributed by atoms with E-state index in [1.807, 2.05) is 57.2 Å². The lowest BCUT2D eigenvalue weighted by atomic mass is 10.1. The third-order valence-electron chi connectivity index (χ3n) is 4.25. The molecular formula is C20H26N2O3S. The van der Waals surface area contributed by atoms with Gasteiger partial charge in [-0.05, 0) is 49.1 Å². The standard InChI is InChI=1S/C20H26N2O3S/c1-5-17-8-6-7-9-19(17)22(26(4,24)25)13-12-20(23)21-18-14-15(2)10-11-16(18)3/h6-11,14H,5,12-13H2,1-4H3,(H,21,23). The van der Waals surface area contributed by atoms with Crippen LogP contribution in [0.2, 0.25) is 0 Å². The van der Waals surface area contributed by atoms with Crippen molar-refractivity contribution in [1.82, 2.24) is 0 Å². The largest absolute Gasteiger partial charge is 0.326 e. The van der Waals surface area contributed by atoms with Crippen molar-refractivity contribution in [1.29, 1.82) is 0 Å². The van der Waals surface area contributed by atoms with Gasteiger partial charge >= 0.3 is 0 Å². The Morgan fingerprint density at radius 1 is 1.12 bits per heavy atom. The fraction of sp³-hybridized carbons (Fsp3) is 0.350. The molecule has 140 valence electrons. The molecule has 0 aliphatic carbocycles. The molecule has 26 heavy (non-hydrogen) atoms. The average molecular weight is 375 g/mol. The highest BCUT2D eigenvalue weighted by Crippen LogP contribution is 2.24. The Labute approximate surface area is 156 Å². The zero-order valence-electron chi connectivity index (χ0n) is 15.7. The molecular weight excluding hydrogens is 348 g/mol. The van der Waals surface area contributed by atoms with Crippen LogP contribution in [0.1, 0.15) is 30.0 Å². The van der Waals surface area contributed by atoms with Gasteiger partial charge in [-0.3, -0.25) is 9.10 Å². The molecule has 1 amide bonds. The number of aryl methyl sites for hydroxylation is 3. The minimum absolute atomic E-state index is 0.0818. The topological polar surface area (TPSA) is 66.5 Å². The second-order valence-electron chi connectivity index (χ2n) is 6.43. The van der Waals surface area contributed by atoms with Crippen molar-refractivity contribution in [3.63, 3.8) is 0 Å². The third kappa shape index (κ3) is 5.08. The van der Waals surface area contributed by atoms with Gasteiger partial charge in [0.15, 0.2) is 0 Å². The number of para-hydroxylation sites is 1. The highest BCUT2D eigenvalue weighted by Gasteiger charge is 2.20. The Balaban J connectivity index is 2.15. The fourth-order valence-electron chi connectivity index (χ4n) is 2.80. The van der Waals surface area contributed by atoms with Crippen molar-refractivity contribution in [2.75, 3.05) is 22.4 Å². The monoisotopic (exact) mass is 374 g/mol. The van der Waals surface area contributed by atoms with E-state index in [2.05, 4.69) is 5.32 Å². The molecule has 0 heterocycles. The lowest BCUT2D eigenvalue weighted by Gasteiger charge is -2.24. The Morgan fingerprint density at radius 3 is 2.46 bits per heavy atom. The van der Waals surface area contributed by atoms with Gasteiger partial charge in [0, 0.05) is 18.7 Å². The molecule has 6 heteroatoms. The first-order valence-corrected chi connectivity index (χ1v) is 10.5. The normalized spacial score (nSPS) is 11.2. The van der Waals surface area contributed by atoms with Crippen LogP contribution in [0.4, 0.5) is 11.4 Å². The quantitative estimate of drug-likeness (QED) is 0.804. The molecule has 0 saturated carbocycles. The highest BCUT2D eigenvalue weighted by molar-refractivity contribution is 7.92. The number of nitrogens with one attached hydrogen (secondary N) is 1. The molecule has 2 rings (SSSR count). The lowest BCUT2D eigenvalue weighted by Crippen LogP contribution is -2.33. The van der Waals surface area contributed by atoms with Crippen LogP contribution >= 0.6 is 0 Å². The van der Waals surface area contributed by atoms with Crippen molar-refractivity contribution in [2.45, 2.75) is 33.6 Å². The predicted octanol–water partition coefficient (Wildman–Crippen LogP) is 3.66. The Bertz CT molecular complexity index is 892. The molecule has 2 aromatic carbocycles. The number of carbonyl (C=O) groups excluding carboxylic acids is 1. The van der Waals surface area contributed by atoms with Crippen LogP contribution in [0, 0.1) is 13.8 Å². The van der Waals surface area contributed by atoms with E-state index in [4.69, 9.17) is 0 Å². The van der Waals surface area contributed by atoms with Crippen LogP contribution in [-0.2, 0) is 21.2 Å². The van der Waals surface area contributed by atoms with Crippen molar-refractivity contribution in [3.05, 3.63) is 59.2 Å². The maximum atomic E-state index is 12.4. The SMILES string of the molecule is CCc1ccccc1N(CCC(=O)Nc1cc(C)ccc1C)S(C)(=O)=O. The van der Waals surface area contributed by atoms with Gasteiger partial charge in [-0.15, -0.1) is 0 Å². The van der Waals surface area contributed by atoms with Gasteiger partial charge in [-0.25, -0.2) is 8.42 Å². The molecule has 0 bridgehead atoms. The number of carbonyl (C=O) groups is 1. The summed E-state index contributed by atoms with van der Waals surface area (Å²) in [6, 6.07) is 13.2. The summed E-state index contributed by atoms with van der Waals surface area (Å²) in [6.07, 6.45) is 1.97. The summed E-state index contributed by atoms with van der Waals surface area (Å²) < 4.78 is 25.8. The first-order valence-electron chi connectivity index (χ1n) is 8.65. The number of anilines is 2. The molecule has 0 radical (unpaired) electrons.